The van der Waals surface area contributed by atoms with Crippen molar-refractivity contribution in [3.63, 3.8) is 0 Å². The smallest absolute Gasteiger partial charge is 0.274 e. The van der Waals surface area contributed by atoms with Crippen LogP contribution in [0.1, 0.15) is 45.5 Å². The zero-order valence-electron chi connectivity index (χ0n) is 18.1. The lowest BCUT2D eigenvalue weighted by Crippen LogP contribution is -2.27. The second-order valence-electron chi connectivity index (χ2n) is 7.41. The van der Waals surface area contributed by atoms with Crippen LogP contribution < -0.4 is 4.74 Å². The summed E-state index contributed by atoms with van der Waals surface area (Å²) in [6.45, 7) is 11.7. The minimum atomic E-state index is -0.127. The van der Waals surface area contributed by atoms with Crippen molar-refractivity contribution < 1.29 is 9.53 Å². The van der Waals surface area contributed by atoms with Crippen LogP contribution in [0, 0.1) is 27.7 Å². The highest BCUT2D eigenvalue weighted by Crippen LogP contribution is 2.19. The van der Waals surface area contributed by atoms with Gasteiger partial charge >= 0.3 is 0 Å². The van der Waals surface area contributed by atoms with E-state index in [1.807, 2.05) is 37.6 Å². The lowest BCUT2D eigenvalue weighted by molar-refractivity contribution is 0.0776. The van der Waals surface area contributed by atoms with E-state index in [2.05, 4.69) is 30.1 Å². The minimum absolute atomic E-state index is 0.127. The average molecular weight is 396 g/mol. The molecule has 0 aliphatic carbocycles. The highest BCUT2D eigenvalue weighted by atomic mass is 16.5. The van der Waals surface area contributed by atoms with Gasteiger partial charge in [-0.2, -0.15) is 10.2 Å². The fraction of sp³-hybridized carbons (Fsp3) is 0.409. The number of aromatic nitrogens is 4. The van der Waals surface area contributed by atoms with Crippen molar-refractivity contribution in [2.75, 3.05) is 7.05 Å². The van der Waals surface area contributed by atoms with E-state index in [1.165, 1.54) is 5.56 Å². The van der Waals surface area contributed by atoms with Crippen LogP contribution >= 0.6 is 0 Å². The van der Waals surface area contributed by atoms with Gasteiger partial charge in [0.15, 0.2) is 12.4 Å². The Labute approximate surface area is 171 Å². The minimum Gasteiger partial charge on any atom is -0.471 e. The number of hydrogen-bond acceptors (Lipinski definition) is 4. The third kappa shape index (κ3) is 4.50. The van der Waals surface area contributed by atoms with Crippen LogP contribution in [0.5, 0.6) is 5.75 Å². The SMILES string of the molecule is CCn1nc(C)c(CN(C)C(=O)c2ccn(COc3ccc(C)cc3C)n2)c1C. The van der Waals surface area contributed by atoms with Crippen molar-refractivity contribution in [1.82, 2.24) is 24.5 Å². The largest absolute Gasteiger partial charge is 0.471 e. The Kier molecular flexibility index (Phi) is 6.06. The molecule has 0 bridgehead atoms. The van der Waals surface area contributed by atoms with E-state index < -0.39 is 0 Å². The molecule has 1 aromatic carbocycles. The first-order valence-corrected chi connectivity index (χ1v) is 9.82. The van der Waals surface area contributed by atoms with E-state index in [-0.39, 0.29) is 12.6 Å². The molecule has 3 rings (SSSR count). The van der Waals surface area contributed by atoms with Gasteiger partial charge < -0.3 is 9.64 Å². The van der Waals surface area contributed by atoms with Crippen molar-refractivity contribution in [2.24, 2.45) is 0 Å². The second kappa shape index (κ2) is 8.51. The fourth-order valence-corrected chi connectivity index (χ4v) is 3.42. The Morgan fingerprint density at radius 2 is 1.90 bits per heavy atom. The third-order valence-electron chi connectivity index (χ3n) is 5.12. The number of carbonyl (C=O) groups is 1. The van der Waals surface area contributed by atoms with Crippen LogP contribution in [0.15, 0.2) is 30.5 Å². The summed E-state index contributed by atoms with van der Waals surface area (Å²) in [7, 11) is 1.79. The summed E-state index contributed by atoms with van der Waals surface area (Å²) in [6, 6.07) is 7.77. The summed E-state index contributed by atoms with van der Waals surface area (Å²) in [5.41, 5.74) is 5.80. The highest BCUT2D eigenvalue weighted by molar-refractivity contribution is 5.92. The van der Waals surface area contributed by atoms with Crippen molar-refractivity contribution in [2.45, 2.75) is 54.4 Å². The number of aryl methyl sites for hydroxylation is 4. The van der Waals surface area contributed by atoms with Gasteiger partial charge in [-0.15, -0.1) is 0 Å². The molecule has 0 aliphatic rings. The zero-order chi connectivity index (χ0) is 21.1. The normalized spacial score (nSPS) is 11.0. The molecule has 0 atom stereocenters. The van der Waals surface area contributed by atoms with E-state index in [0.29, 0.717) is 12.2 Å². The maximum absolute atomic E-state index is 12.8. The topological polar surface area (TPSA) is 65.2 Å². The monoisotopic (exact) mass is 395 g/mol. The Morgan fingerprint density at radius 3 is 2.55 bits per heavy atom. The molecule has 0 fully saturated rings. The maximum atomic E-state index is 12.8. The van der Waals surface area contributed by atoms with Gasteiger partial charge in [0.2, 0.25) is 0 Å². The van der Waals surface area contributed by atoms with Crippen LogP contribution in [-0.2, 0) is 19.8 Å². The molecule has 0 radical (unpaired) electrons. The molecule has 29 heavy (non-hydrogen) atoms. The molecule has 0 aliphatic heterocycles. The Balaban J connectivity index is 1.65. The zero-order valence-corrected chi connectivity index (χ0v) is 18.1. The van der Waals surface area contributed by atoms with Crippen LogP contribution in [0.25, 0.3) is 0 Å². The van der Waals surface area contributed by atoms with Crippen LogP contribution in [-0.4, -0.2) is 37.4 Å². The third-order valence-corrected chi connectivity index (χ3v) is 5.12. The number of hydrogen-bond donors (Lipinski definition) is 0. The molecular weight excluding hydrogens is 366 g/mol. The van der Waals surface area contributed by atoms with Gasteiger partial charge in [0.05, 0.1) is 5.69 Å². The predicted molar refractivity (Wildman–Crippen MR) is 112 cm³/mol. The van der Waals surface area contributed by atoms with E-state index in [9.17, 15) is 4.79 Å². The summed E-state index contributed by atoms with van der Waals surface area (Å²) in [5.74, 6) is 0.688. The molecule has 0 N–H and O–H groups in total. The van der Waals surface area contributed by atoms with Gasteiger partial charge in [-0.3, -0.25) is 9.48 Å². The Bertz CT molecular complexity index is 1020. The first-order valence-electron chi connectivity index (χ1n) is 9.82. The van der Waals surface area contributed by atoms with Crippen LogP contribution in [0.4, 0.5) is 0 Å². The standard InChI is InChI=1S/C22H29N5O2/c1-7-27-18(5)19(17(4)23-27)13-25(6)22(28)20-10-11-26(24-20)14-29-21-9-8-15(2)12-16(21)3/h8-12H,7,13-14H2,1-6H3. The Morgan fingerprint density at radius 1 is 1.14 bits per heavy atom. The van der Waals surface area contributed by atoms with Gasteiger partial charge in [0.1, 0.15) is 5.75 Å². The molecule has 7 nitrogen and oxygen atoms in total. The van der Waals surface area contributed by atoms with Crippen molar-refractivity contribution in [1.29, 1.82) is 0 Å². The first kappa shape index (κ1) is 20.6. The lowest BCUT2D eigenvalue weighted by atomic mass is 10.1. The number of rotatable bonds is 7. The molecule has 0 saturated heterocycles. The molecular formula is C22H29N5O2. The molecule has 0 saturated carbocycles. The molecule has 7 heteroatoms. The Hall–Kier alpha value is -3.09. The number of carbonyl (C=O) groups excluding carboxylic acids is 1. The van der Waals surface area contributed by atoms with Crippen LogP contribution in [0.3, 0.4) is 0 Å². The van der Waals surface area contributed by atoms with Gasteiger partial charge in [-0.25, -0.2) is 4.68 Å². The van der Waals surface area contributed by atoms with Crippen molar-refractivity contribution in [3.8, 4) is 5.75 Å². The summed E-state index contributed by atoms with van der Waals surface area (Å²) in [4.78, 5) is 14.5. The number of nitrogens with zero attached hydrogens (tertiary/aromatic N) is 5. The summed E-state index contributed by atoms with van der Waals surface area (Å²) >= 11 is 0. The van der Waals surface area contributed by atoms with Gasteiger partial charge in [0, 0.05) is 37.6 Å². The van der Waals surface area contributed by atoms with E-state index in [4.69, 9.17) is 4.74 Å². The summed E-state index contributed by atoms with van der Waals surface area (Å²) in [5, 5.41) is 8.91. The number of amides is 1. The molecule has 0 spiro atoms. The van der Waals surface area contributed by atoms with E-state index in [1.54, 1.807) is 28.9 Å². The number of benzene rings is 1. The van der Waals surface area contributed by atoms with E-state index >= 15 is 0 Å². The predicted octanol–water partition coefficient (Wildman–Crippen LogP) is 3.64. The molecule has 1 amide bonds. The quantitative estimate of drug-likeness (QED) is 0.613. The lowest BCUT2D eigenvalue weighted by Gasteiger charge is -2.16. The van der Waals surface area contributed by atoms with Crippen molar-refractivity contribution >= 4 is 5.91 Å². The van der Waals surface area contributed by atoms with Gasteiger partial charge in [-0.05, 0) is 52.3 Å². The van der Waals surface area contributed by atoms with E-state index in [0.717, 1.165) is 34.8 Å². The highest BCUT2D eigenvalue weighted by Gasteiger charge is 2.19. The molecule has 154 valence electrons. The first-order chi connectivity index (χ1) is 13.8. The second-order valence-corrected chi connectivity index (χ2v) is 7.41. The number of ether oxygens (including phenoxy) is 1. The molecule has 3 aromatic rings. The molecule has 2 heterocycles. The van der Waals surface area contributed by atoms with Gasteiger partial charge in [0.25, 0.3) is 5.91 Å². The summed E-state index contributed by atoms with van der Waals surface area (Å²) < 4.78 is 9.43. The van der Waals surface area contributed by atoms with Crippen molar-refractivity contribution in [3.05, 3.63) is 64.2 Å². The average Bonchev–Trinajstić information content (AvgIpc) is 3.26. The molecule has 2 aromatic heterocycles. The molecule has 0 unspecified atom stereocenters. The maximum Gasteiger partial charge on any atom is 0.274 e. The summed E-state index contributed by atoms with van der Waals surface area (Å²) in [6.07, 6.45) is 1.76. The fourth-order valence-electron chi connectivity index (χ4n) is 3.42. The van der Waals surface area contributed by atoms with Gasteiger partial charge in [-0.1, -0.05) is 17.7 Å². The van der Waals surface area contributed by atoms with Crippen LogP contribution in [0.2, 0.25) is 0 Å².